The Balaban J connectivity index is 1.21. The Kier molecular flexibility index (Phi) is 8.73. The van der Waals surface area contributed by atoms with E-state index in [-0.39, 0.29) is 41.1 Å². The van der Waals surface area contributed by atoms with Crippen molar-refractivity contribution in [2.45, 2.75) is 44.7 Å². The molecule has 46 heavy (non-hydrogen) atoms. The zero-order chi connectivity index (χ0) is 32.6. The van der Waals surface area contributed by atoms with Crippen LogP contribution in [0.1, 0.15) is 40.7 Å². The second kappa shape index (κ2) is 12.6. The lowest BCUT2D eigenvalue weighted by atomic mass is 9.88. The second-order valence-corrected chi connectivity index (χ2v) is 11.8. The number of hydrogen-bond donors (Lipinski definition) is 1. The molecule has 13 heteroatoms. The minimum atomic E-state index is -4.65. The van der Waals surface area contributed by atoms with Crippen LogP contribution in [0.5, 0.6) is 11.5 Å². The largest absolute Gasteiger partial charge is 0.457 e. The van der Waals surface area contributed by atoms with Gasteiger partial charge < -0.3 is 19.5 Å². The maximum absolute atomic E-state index is 14.2. The molecule has 1 unspecified atom stereocenters. The molecule has 2 aromatic heterocycles. The van der Waals surface area contributed by atoms with Crippen LogP contribution in [0.2, 0.25) is 0 Å². The number of pyridine rings is 1. The number of aromatic amines is 1. The van der Waals surface area contributed by atoms with Crippen LogP contribution in [0.4, 0.5) is 26.3 Å². The van der Waals surface area contributed by atoms with Gasteiger partial charge in [0.15, 0.2) is 0 Å². The number of carbonyl (C=O) groups is 1. The van der Waals surface area contributed by atoms with Crippen molar-refractivity contribution in [1.82, 2.24) is 24.7 Å². The monoisotopic (exact) mass is 645 g/mol. The molecule has 0 spiro atoms. The number of hydrogen-bond acceptors (Lipinski definition) is 5. The molecule has 244 valence electrons. The van der Waals surface area contributed by atoms with Gasteiger partial charge in [0.1, 0.15) is 17.1 Å². The predicted molar refractivity (Wildman–Crippen MR) is 159 cm³/mol. The van der Waals surface area contributed by atoms with Crippen molar-refractivity contribution >= 4 is 16.9 Å². The zero-order valence-corrected chi connectivity index (χ0v) is 25.1. The van der Waals surface area contributed by atoms with Crippen molar-refractivity contribution in [1.29, 1.82) is 0 Å². The van der Waals surface area contributed by atoms with Crippen LogP contribution < -0.4 is 4.74 Å². The molecule has 2 aromatic carbocycles. The van der Waals surface area contributed by atoms with Crippen LogP contribution in [-0.2, 0) is 30.5 Å². The first kappa shape index (κ1) is 31.9. The van der Waals surface area contributed by atoms with E-state index in [4.69, 9.17) is 4.74 Å². The summed E-state index contributed by atoms with van der Waals surface area (Å²) in [5.41, 5.74) is 0.248. The number of benzene rings is 2. The number of nitrogens with zero attached hydrogens (tertiary/aromatic N) is 4. The molecule has 0 saturated carbocycles. The van der Waals surface area contributed by atoms with E-state index < -0.39 is 42.7 Å². The number of rotatable bonds is 7. The Bertz CT molecular complexity index is 1710. The van der Waals surface area contributed by atoms with Crippen molar-refractivity contribution in [3.8, 4) is 11.5 Å². The number of piperazine rings is 1. The summed E-state index contributed by atoms with van der Waals surface area (Å²) in [5.74, 6) is -1.91. The summed E-state index contributed by atoms with van der Waals surface area (Å²) in [6.07, 6.45) is -6.53. The molecule has 6 rings (SSSR count). The van der Waals surface area contributed by atoms with E-state index in [1.807, 2.05) is 11.8 Å². The first-order chi connectivity index (χ1) is 21.9. The van der Waals surface area contributed by atoms with Crippen LogP contribution in [0.15, 0.2) is 60.9 Å². The number of likely N-dealkylation sites (N-methyl/N-ethyl adjacent to an activating group) is 1. The van der Waals surface area contributed by atoms with E-state index in [1.165, 1.54) is 36.5 Å². The maximum atomic E-state index is 14.2. The lowest BCUT2D eigenvalue weighted by Crippen LogP contribution is -2.45. The first-order valence-corrected chi connectivity index (χ1v) is 15.1. The highest BCUT2D eigenvalue weighted by atomic mass is 19.4. The third kappa shape index (κ3) is 6.85. The average Bonchev–Trinajstić information content (AvgIpc) is 3.51. The number of alkyl halides is 6. The Hall–Kier alpha value is -4.10. The molecule has 0 radical (unpaired) electrons. The zero-order valence-electron chi connectivity index (χ0n) is 25.1. The van der Waals surface area contributed by atoms with Gasteiger partial charge >= 0.3 is 12.4 Å². The summed E-state index contributed by atoms with van der Waals surface area (Å²) in [6.45, 7) is 5.12. The van der Waals surface area contributed by atoms with E-state index in [0.717, 1.165) is 30.6 Å². The van der Waals surface area contributed by atoms with E-state index in [1.54, 1.807) is 18.3 Å². The molecule has 1 saturated heterocycles. The van der Waals surface area contributed by atoms with Crippen LogP contribution in [0, 0.1) is 0 Å². The molecular weight excluding hydrogens is 612 g/mol. The summed E-state index contributed by atoms with van der Waals surface area (Å²) in [6, 6.07) is 11.5. The van der Waals surface area contributed by atoms with Gasteiger partial charge in [0, 0.05) is 58.2 Å². The average molecular weight is 646 g/mol. The van der Waals surface area contributed by atoms with Crippen LogP contribution >= 0.6 is 0 Å². The number of amides is 1. The smallest absolute Gasteiger partial charge is 0.416 e. The third-order valence-electron chi connectivity index (χ3n) is 8.79. The molecule has 1 fully saturated rings. The summed E-state index contributed by atoms with van der Waals surface area (Å²) in [4.78, 5) is 25.8. The Morgan fingerprint density at radius 3 is 2.46 bits per heavy atom. The molecule has 1 atom stereocenters. The maximum Gasteiger partial charge on any atom is 0.416 e. The Morgan fingerprint density at radius 2 is 1.74 bits per heavy atom. The number of nitrogens with one attached hydrogen (secondary N) is 1. The highest BCUT2D eigenvalue weighted by molar-refractivity contribution is 5.82. The van der Waals surface area contributed by atoms with Crippen molar-refractivity contribution in [2.75, 3.05) is 39.3 Å². The van der Waals surface area contributed by atoms with E-state index in [2.05, 4.69) is 14.9 Å². The number of aromatic nitrogens is 2. The Labute approximate surface area is 261 Å². The van der Waals surface area contributed by atoms with E-state index in [0.29, 0.717) is 29.9 Å². The minimum absolute atomic E-state index is 0.0360. The SMILES string of the molecule is CCN1CCN(Cc2ccc(CC(=O)N3Cc4cc(Oc5ccnc6[nH]ccc56)ccc4C(C(F)(F)F)C3)cc2C(F)(F)F)CC1. The minimum Gasteiger partial charge on any atom is -0.457 e. The number of halogens is 6. The molecular formula is C33H33F6N5O2. The summed E-state index contributed by atoms with van der Waals surface area (Å²) in [5, 5.41) is 0.688. The lowest BCUT2D eigenvalue weighted by molar-refractivity contribution is -0.161. The molecule has 0 aliphatic carbocycles. The van der Waals surface area contributed by atoms with Crippen molar-refractivity contribution in [2.24, 2.45) is 0 Å². The lowest BCUT2D eigenvalue weighted by Gasteiger charge is -2.36. The van der Waals surface area contributed by atoms with E-state index in [9.17, 15) is 31.1 Å². The van der Waals surface area contributed by atoms with E-state index >= 15 is 0 Å². The summed E-state index contributed by atoms with van der Waals surface area (Å²) in [7, 11) is 0. The number of H-pyrrole nitrogens is 1. The predicted octanol–water partition coefficient (Wildman–Crippen LogP) is 6.74. The van der Waals surface area contributed by atoms with Gasteiger partial charge in [-0.25, -0.2) is 4.98 Å². The molecule has 0 bridgehead atoms. The van der Waals surface area contributed by atoms with Gasteiger partial charge in [-0.2, -0.15) is 26.3 Å². The van der Waals surface area contributed by atoms with Crippen LogP contribution in [0.25, 0.3) is 11.0 Å². The molecule has 1 N–H and O–H groups in total. The van der Waals surface area contributed by atoms with Crippen LogP contribution in [-0.4, -0.2) is 76.0 Å². The third-order valence-corrected chi connectivity index (χ3v) is 8.79. The quantitative estimate of drug-likeness (QED) is 0.226. The fourth-order valence-electron chi connectivity index (χ4n) is 6.26. The molecule has 2 aliphatic heterocycles. The normalized spacial score (nSPS) is 18.2. The standard InChI is InChI=1S/C33H33F6N5O2/c1-2-42-11-13-43(14-12-42)18-22-4-3-21(15-27(22)32(34,35)36)16-30(45)44-19-23-17-24(5-6-25(23)28(20-44)33(37,38)39)46-29-8-10-41-31-26(29)7-9-40-31/h3-10,15,17,28H,2,11-14,16,18-20H2,1H3,(H,40,41). The van der Waals surface area contributed by atoms with Crippen molar-refractivity contribution in [3.63, 3.8) is 0 Å². The molecule has 4 aromatic rings. The van der Waals surface area contributed by atoms with Crippen molar-refractivity contribution in [3.05, 3.63) is 88.7 Å². The topological polar surface area (TPSA) is 64.7 Å². The van der Waals surface area contributed by atoms with Gasteiger partial charge in [-0.1, -0.05) is 25.1 Å². The molecule has 1 amide bonds. The number of ether oxygens (including phenoxy) is 1. The van der Waals surface area contributed by atoms with Crippen molar-refractivity contribution < 1.29 is 35.9 Å². The van der Waals surface area contributed by atoms with Crippen LogP contribution in [0.3, 0.4) is 0 Å². The first-order valence-electron chi connectivity index (χ1n) is 15.1. The number of carbonyl (C=O) groups excluding carboxylic acids is 1. The fourth-order valence-corrected chi connectivity index (χ4v) is 6.26. The highest BCUT2D eigenvalue weighted by Crippen LogP contribution is 2.42. The van der Waals surface area contributed by atoms with Gasteiger partial charge in [0.2, 0.25) is 5.91 Å². The second-order valence-electron chi connectivity index (χ2n) is 11.8. The van der Waals surface area contributed by atoms with Gasteiger partial charge in [-0.15, -0.1) is 0 Å². The summed E-state index contributed by atoms with van der Waals surface area (Å²) < 4.78 is 91.1. The van der Waals surface area contributed by atoms with Gasteiger partial charge in [0.05, 0.1) is 23.3 Å². The summed E-state index contributed by atoms with van der Waals surface area (Å²) >= 11 is 0. The molecule has 7 nitrogen and oxygen atoms in total. The number of fused-ring (bicyclic) bond motifs is 2. The highest BCUT2D eigenvalue weighted by Gasteiger charge is 2.46. The van der Waals surface area contributed by atoms with Gasteiger partial charge in [-0.3, -0.25) is 9.69 Å². The van der Waals surface area contributed by atoms with Gasteiger partial charge in [-0.05, 0) is 59.1 Å². The molecule has 4 heterocycles. The Morgan fingerprint density at radius 1 is 0.978 bits per heavy atom. The molecule has 2 aliphatic rings. The fraction of sp³-hybridized carbons (Fsp3) is 0.394. The van der Waals surface area contributed by atoms with Gasteiger partial charge in [0.25, 0.3) is 0 Å².